The van der Waals surface area contributed by atoms with Crippen LogP contribution in [0, 0.1) is 0 Å². The molecule has 0 bridgehead atoms. The summed E-state index contributed by atoms with van der Waals surface area (Å²) in [6, 6.07) is 14.9. The van der Waals surface area contributed by atoms with Crippen molar-refractivity contribution < 1.29 is 14.3 Å². The number of carbonyl (C=O) groups is 1. The lowest BCUT2D eigenvalue weighted by molar-refractivity contribution is -0.122. The topological polar surface area (TPSA) is 74.5 Å². The van der Waals surface area contributed by atoms with Crippen molar-refractivity contribution in [3.05, 3.63) is 59.0 Å². The minimum absolute atomic E-state index is 0.0312. The van der Waals surface area contributed by atoms with E-state index in [2.05, 4.69) is 5.32 Å². The van der Waals surface area contributed by atoms with E-state index in [1.165, 1.54) is 4.57 Å². The molecule has 0 fully saturated rings. The lowest BCUT2D eigenvalue weighted by Crippen LogP contribution is -2.42. The monoisotopic (exact) mass is 367 g/mol. The third kappa shape index (κ3) is 3.28. The van der Waals surface area contributed by atoms with Crippen molar-refractivity contribution in [2.45, 2.75) is 26.1 Å². The maximum absolute atomic E-state index is 12.6. The van der Waals surface area contributed by atoms with Gasteiger partial charge in [-0.2, -0.15) is 0 Å². The Morgan fingerprint density at radius 2 is 1.74 bits per heavy atom. The van der Waals surface area contributed by atoms with Crippen LogP contribution in [0.4, 0.5) is 0 Å². The predicted octanol–water partition coefficient (Wildman–Crippen LogP) is 1.78. The van der Waals surface area contributed by atoms with Crippen LogP contribution in [-0.4, -0.2) is 34.3 Å². The molecule has 1 atom stereocenters. The zero-order chi connectivity index (χ0) is 18.8. The van der Waals surface area contributed by atoms with E-state index in [4.69, 9.17) is 9.47 Å². The summed E-state index contributed by atoms with van der Waals surface area (Å²) in [6.07, 6.45) is -0.266. The van der Waals surface area contributed by atoms with Gasteiger partial charge in [-0.3, -0.25) is 13.9 Å². The van der Waals surface area contributed by atoms with Gasteiger partial charge in [0.15, 0.2) is 11.5 Å². The largest absolute Gasteiger partial charge is 0.486 e. The third-order valence-corrected chi connectivity index (χ3v) is 4.64. The Kier molecular flexibility index (Phi) is 4.58. The van der Waals surface area contributed by atoms with Gasteiger partial charge in [0.05, 0.1) is 17.6 Å². The van der Waals surface area contributed by atoms with Gasteiger partial charge in [-0.1, -0.05) is 24.3 Å². The van der Waals surface area contributed by atoms with E-state index in [0.717, 1.165) is 11.0 Å². The molecule has 0 aliphatic carbocycles. The second-order valence-electron chi connectivity index (χ2n) is 6.40. The molecule has 2 aromatic carbocycles. The molecule has 7 heteroatoms. The van der Waals surface area contributed by atoms with Gasteiger partial charge >= 0.3 is 5.69 Å². The quantitative estimate of drug-likeness (QED) is 0.746. The fourth-order valence-corrected chi connectivity index (χ4v) is 3.32. The van der Waals surface area contributed by atoms with Crippen molar-refractivity contribution in [3.63, 3.8) is 0 Å². The van der Waals surface area contributed by atoms with E-state index >= 15 is 0 Å². The summed E-state index contributed by atoms with van der Waals surface area (Å²) in [4.78, 5) is 25.0. The molecule has 0 saturated heterocycles. The van der Waals surface area contributed by atoms with E-state index in [0.29, 0.717) is 31.2 Å². The van der Waals surface area contributed by atoms with Crippen molar-refractivity contribution in [2.24, 2.45) is 0 Å². The number of aryl methyl sites for hydroxylation is 1. The number of hydrogen-bond acceptors (Lipinski definition) is 4. The van der Waals surface area contributed by atoms with Crippen LogP contribution in [0.1, 0.15) is 6.92 Å². The molecule has 1 aromatic heterocycles. The van der Waals surface area contributed by atoms with Crippen LogP contribution in [0.15, 0.2) is 53.3 Å². The standard InChI is InChI=1S/C20H21N3O4/c1-2-22-15-7-3-4-8-16(15)23(20(22)25)12-19(24)21-11-14-13-26-17-9-5-6-10-18(17)27-14/h3-10,14H,2,11-13H2,1H3,(H,21,24)/t14-/m0/s1. The van der Waals surface area contributed by atoms with Gasteiger partial charge in [0, 0.05) is 6.54 Å². The van der Waals surface area contributed by atoms with Crippen LogP contribution in [0.2, 0.25) is 0 Å². The van der Waals surface area contributed by atoms with E-state index in [1.807, 2.05) is 55.5 Å². The normalized spacial score (nSPS) is 15.7. The van der Waals surface area contributed by atoms with Gasteiger partial charge in [0.1, 0.15) is 19.3 Å². The molecule has 1 N–H and O–H groups in total. The van der Waals surface area contributed by atoms with Crippen molar-refractivity contribution in [2.75, 3.05) is 13.2 Å². The Balaban J connectivity index is 1.43. The van der Waals surface area contributed by atoms with Crippen molar-refractivity contribution in [1.29, 1.82) is 0 Å². The van der Waals surface area contributed by atoms with E-state index < -0.39 is 0 Å². The number of ether oxygens (including phenoxy) is 2. The number of nitrogens with zero attached hydrogens (tertiary/aromatic N) is 2. The van der Waals surface area contributed by atoms with Crippen molar-refractivity contribution >= 4 is 16.9 Å². The van der Waals surface area contributed by atoms with Gasteiger partial charge in [0.25, 0.3) is 0 Å². The minimum atomic E-state index is -0.266. The number of hydrogen-bond donors (Lipinski definition) is 1. The molecule has 2 heterocycles. The summed E-state index contributed by atoms with van der Waals surface area (Å²) in [6.45, 7) is 3.12. The Morgan fingerprint density at radius 1 is 1.07 bits per heavy atom. The van der Waals surface area contributed by atoms with Crippen LogP contribution >= 0.6 is 0 Å². The number of nitrogens with one attached hydrogen (secondary N) is 1. The summed E-state index contributed by atoms with van der Waals surface area (Å²) < 4.78 is 14.6. The number of rotatable bonds is 5. The Hall–Kier alpha value is -3.22. The molecule has 140 valence electrons. The lowest BCUT2D eigenvalue weighted by Gasteiger charge is -2.26. The smallest absolute Gasteiger partial charge is 0.329 e. The first-order chi connectivity index (χ1) is 13.2. The number of amides is 1. The van der Waals surface area contributed by atoms with Crippen LogP contribution in [0.25, 0.3) is 11.0 Å². The van der Waals surface area contributed by atoms with E-state index in [1.54, 1.807) is 4.57 Å². The molecular weight excluding hydrogens is 346 g/mol. The first-order valence-corrected chi connectivity index (χ1v) is 9.00. The average Bonchev–Trinajstić information content (AvgIpc) is 2.97. The zero-order valence-electron chi connectivity index (χ0n) is 15.1. The molecule has 4 rings (SSSR count). The summed E-state index contributed by atoms with van der Waals surface area (Å²) in [7, 11) is 0. The Bertz CT molecular complexity index is 1040. The molecule has 1 amide bonds. The Morgan fingerprint density at radius 3 is 2.48 bits per heavy atom. The van der Waals surface area contributed by atoms with Crippen LogP contribution in [0.5, 0.6) is 11.5 Å². The molecule has 1 aliphatic heterocycles. The molecule has 0 spiro atoms. The third-order valence-electron chi connectivity index (χ3n) is 4.64. The molecule has 1 aliphatic rings. The number of aromatic nitrogens is 2. The number of imidazole rings is 1. The number of benzene rings is 2. The summed E-state index contributed by atoms with van der Waals surface area (Å²) in [5.74, 6) is 1.14. The molecular formula is C20H21N3O4. The fourth-order valence-electron chi connectivity index (χ4n) is 3.32. The molecule has 0 saturated carbocycles. The summed E-state index contributed by atoms with van der Waals surface area (Å²) in [5.41, 5.74) is 1.41. The average molecular weight is 367 g/mol. The van der Waals surface area contributed by atoms with Crippen LogP contribution < -0.4 is 20.5 Å². The highest BCUT2D eigenvalue weighted by molar-refractivity contribution is 5.81. The number of para-hydroxylation sites is 4. The van der Waals surface area contributed by atoms with Gasteiger partial charge in [0.2, 0.25) is 5.91 Å². The first-order valence-electron chi connectivity index (χ1n) is 9.00. The highest BCUT2D eigenvalue weighted by atomic mass is 16.6. The molecule has 0 unspecified atom stereocenters. The fraction of sp³-hybridized carbons (Fsp3) is 0.300. The van der Waals surface area contributed by atoms with Gasteiger partial charge in [-0.15, -0.1) is 0 Å². The molecule has 7 nitrogen and oxygen atoms in total. The molecule has 0 radical (unpaired) electrons. The van der Waals surface area contributed by atoms with E-state index in [9.17, 15) is 9.59 Å². The van der Waals surface area contributed by atoms with E-state index in [-0.39, 0.29) is 24.2 Å². The van der Waals surface area contributed by atoms with Crippen LogP contribution in [-0.2, 0) is 17.9 Å². The van der Waals surface area contributed by atoms with Crippen molar-refractivity contribution in [3.8, 4) is 11.5 Å². The second kappa shape index (κ2) is 7.19. The predicted molar refractivity (Wildman–Crippen MR) is 101 cm³/mol. The van der Waals surface area contributed by atoms with Gasteiger partial charge < -0.3 is 14.8 Å². The summed E-state index contributed by atoms with van der Waals surface area (Å²) >= 11 is 0. The zero-order valence-corrected chi connectivity index (χ0v) is 15.1. The number of carbonyl (C=O) groups excluding carboxylic acids is 1. The first kappa shape index (κ1) is 17.2. The van der Waals surface area contributed by atoms with Crippen molar-refractivity contribution in [1.82, 2.24) is 14.5 Å². The highest BCUT2D eigenvalue weighted by Crippen LogP contribution is 2.30. The highest BCUT2D eigenvalue weighted by Gasteiger charge is 2.21. The summed E-state index contributed by atoms with van der Waals surface area (Å²) in [5, 5.41) is 2.84. The second-order valence-corrected chi connectivity index (χ2v) is 6.40. The number of fused-ring (bicyclic) bond motifs is 2. The van der Waals surface area contributed by atoms with Gasteiger partial charge in [-0.05, 0) is 31.2 Å². The Labute approximate surface area is 156 Å². The van der Waals surface area contributed by atoms with Crippen LogP contribution in [0.3, 0.4) is 0 Å². The molecule has 27 heavy (non-hydrogen) atoms. The van der Waals surface area contributed by atoms with Gasteiger partial charge in [-0.25, -0.2) is 4.79 Å². The molecule has 3 aromatic rings. The lowest BCUT2D eigenvalue weighted by atomic mass is 10.2. The maximum atomic E-state index is 12.6. The maximum Gasteiger partial charge on any atom is 0.329 e. The SMILES string of the molecule is CCn1c(=O)n(CC(=O)NC[C@H]2COc3ccccc3O2)c2ccccc21. The minimum Gasteiger partial charge on any atom is -0.486 e.